The number of nitrogens with two attached hydrogens (primary N) is 1. The smallest absolute Gasteiger partial charge is 0.213 e. The average Bonchev–Trinajstić information content (AvgIpc) is 3.09. The molecule has 10 nitrogen and oxygen atoms in total. The lowest BCUT2D eigenvalue weighted by Crippen LogP contribution is -2.42. The quantitative estimate of drug-likeness (QED) is 0.141. The molecule has 0 bridgehead atoms. The molecule has 2 rings (SSSR count). The van der Waals surface area contributed by atoms with Crippen LogP contribution in [0.25, 0.3) is 0 Å². The Bertz CT molecular complexity index is 557. The highest BCUT2D eigenvalue weighted by Crippen LogP contribution is 2.35. The molecule has 1 aromatic heterocycles. The summed E-state index contributed by atoms with van der Waals surface area (Å²) in [5.41, 5.74) is 3.72. The standard InChI is InChI=1S/C11H16BN5O4.CH4O/c1-6-9(16-10(13)15-5-18)17(4-14-6)8-3-2-7(21-8)11(12,19)20;1-2/h4-5,7-8,19-20H,2-3H2,1H3,(H3,13,15,16,18);2H,1H3. The van der Waals surface area contributed by atoms with Gasteiger partial charge < -0.3 is 25.8 Å². The van der Waals surface area contributed by atoms with Crippen molar-refractivity contribution in [1.82, 2.24) is 14.9 Å². The predicted molar refractivity (Wildman–Crippen MR) is 81.7 cm³/mol. The van der Waals surface area contributed by atoms with Crippen molar-refractivity contribution in [3.05, 3.63) is 12.0 Å². The van der Waals surface area contributed by atoms with Gasteiger partial charge in [0.2, 0.25) is 12.4 Å². The van der Waals surface area contributed by atoms with Gasteiger partial charge in [0.1, 0.15) is 18.0 Å². The van der Waals surface area contributed by atoms with Crippen LogP contribution in [0.1, 0.15) is 24.8 Å². The Kier molecular flexibility index (Phi) is 6.70. The molecule has 1 aromatic rings. The summed E-state index contributed by atoms with van der Waals surface area (Å²) < 4.78 is 7.10. The summed E-state index contributed by atoms with van der Waals surface area (Å²) in [6.45, 7) is 1.72. The minimum atomic E-state index is -2.40. The zero-order chi connectivity index (χ0) is 17.6. The number of carbonyl (C=O) groups excluding carboxylic acids is 1. The first-order valence-electron chi connectivity index (χ1n) is 6.74. The Morgan fingerprint density at radius 1 is 1.61 bits per heavy atom. The molecule has 0 saturated carbocycles. The van der Waals surface area contributed by atoms with Crippen molar-refractivity contribution in [2.24, 2.45) is 10.7 Å². The van der Waals surface area contributed by atoms with Gasteiger partial charge in [0.05, 0.1) is 12.0 Å². The molecule has 2 atom stereocenters. The average molecular weight is 325 g/mol. The molecule has 23 heavy (non-hydrogen) atoms. The molecular weight excluding hydrogens is 305 g/mol. The van der Waals surface area contributed by atoms with Gasteiger partial charge in [-0.3, -0.25) is 14.7 Å². The fourth-order valence-corrected chi connectivity index (χ4v) is 2.14. The molecule has 1 amide bonds. The second kappa shape index (κ2) is 8.06. The Hall–Kier alpha value is -1.95. The van der Waals surface area contributed by atoms with Crippen molar-refractivity contribution in [3.8, 4) is 0 Å². The number of amides is 1. The Morgan fingerprint density at radius 3 is 2.78 bits per heavy atom. The third-order valence-electron chi connectivity index (χ3n) is 3.16. The summed E-state index contributed by atoms with van der Waals surface area (Å²) >= 11 is 0. The van der Waals surface area contributed by atoms with Crippen molar-refractivity contribution in [2.75, 3.05) is 7.11 Å². The number of aliphatic imine (C=N–C) groups is 1. The normalized spacial score (nSPS) is 21.5. The number of nitrogens with zero attached hydrogens (tertiary/aromatic N) is 3. The number of guanidine groups is 1. The summed E-state index contributed by atoms with van der Waals surface area (Å²) in [5, 5.41) is 27.9. The van der Waals surface area contributed by atoms with Gasteiger partial charge in [-0.2, -0.15) is 4.99 Å². The molecule has 1 aliphatic rings. The summed E-state index contributed by atoms with van der Waals surface area (Å²) in [6, 6.07) is 0. The minimum absolute atomic E-state index is 0.0816. The van der Waals surface area contributed by atoms with Crippen LogP contribution in [0.3, 0.4) is 0 Å². The number of ether oxygens (including phenoxy) is 1. The first-order valence-corrected chi connectivity index (χ1v) is 6.74. The van der Waals surface area contributed by atoms with E-state index in [-0.39, 0.29) is 5.96 Å². The van der Waals surface area contributed by atoms with Crippen LogP contribution in [0.5, 0.6) is 0 Å². The number of imidazole rings is 1. The van der Waals surface area contributed by atoms with Crippen LogP contribution in [0, 0.1) is 6.92 Å². The number of aliphatic hydroxyl groups is 3. The molecule has 1 saturated heterocycles. The van der Waals surface area contributed by atoms with Gasteiger partial charge in [0, 0.05) is 7.11 Å². The SMILES string of the molecule is CO.[B]C(O)(O)C1CCC(n2cnc(C)c2/N=C(/N)NC=O)O1. The van der Waals surface area contributed by atoms with Crippen LogP contribution >= 0.6 is 0 Å². The fraction of sp³-hybridized carbons (Fsp3) is 0.583. The summed E-state index contributed by atoms with van der Waals surface area (Å²) in [5.74, 6) is 0.327. The third-order valence-corrected chi connectivity index (χ3v) is 3.16. The molecule has 11 heteroatoms. The lowest BCUT2D eigenvalue weighted by Gasteiger charge is -2.25. The first-order chi connectivity index (χ1) is 10.8. The number of hydrogen-bond acceptors (Lipinski definition) is 7. The third kappa shape index (κ3) is 4.76. The maximum absolute atomic E-state index is 10.3. The van der Waals surface area contributed by atoms with Crippen molar-refractivity contribution >= 4 is 26.0 Å². The molecule has 0 aliphatic carbocycles. The Morgan fingerprint density at radius 2 is 2.26 bits per heavy atom. The maximum atomic E-state index is 10.3. The highest BCUT2D eigenvalue weighted by Gasteiger charge is 2.38. The summed E-state index contributed by atoms with van der Waals surface area (Å²) in [6.07, 6.45) is 1.38. The van der Waals surface area contributed by atoms with Crippen molar-refractivity contribution in [3.63, 3.8) is 0 Å². The molecule has 2 heterocycles. The number of aryl methyl sites for hydroxylation is 1. The van der Waals surface area contributed by atoms with Crippen molar-refractivity contribution < 1.29 is 24.9 Å². The van der Waals surface area contributed by atoms with E-state index >= 15 is 0 Å². The first kappa shape index (κ1) is 19.1. The highest BCUT2D eigenvalue weighted by atomic mass is 16.6. The van der Waals surface area contributed by atoms with E-state index < -0.39 is 18.0 Å². The van der Waals surface area contributed by atoms with E-state index in [1.54, 1.807) is 11.5 Å². The molecule has 6 N–H and O–H groups in total. The van der Waals surface area contributed by atoms with Gasteiger partial charge in [-0.15, -0.1) is 0 Å². The van der Waals surface area contributed by atoms with Gasteiger partial charge in [-0.05, 0) is 19.8 Å². The molecule has 1 fully saturated rings. The minimum Gasteiger partial charge on any atom is -0.400 e. The zero-order valence-electron chi connectivity index (χ0n) is 12.9. The second-order valence-corrected chi connectivity index (χ2v) is 4.76. The molecule has 0 spiro atoms. The lowest BCUT2D eigenvalue weighted by atomic mass is 9.88. The predicted octanol–water partition coefficient (Wildman–Crippen LogP) is -2.02. The van der Waals surface area contributed by atoms with Crippen LogP contribution in [-0.2, 0) is 9.53 Å². The summed E-state index contributed by atoms with van der Waals surface area (Å²) in [7, 11) is 6.21. The molecule has 2 unspecified atom stereocenters. The van der Waals surface area contributed by atoms with Crippen LogP contribution in [0.15, 0.2) is 11.3 Å². The van der Waals surface area contributed by atoms with E-state index in [1.807, 2.05) is 0 Å². The second-order valence-electron chi connectivity index (χ2n) is 4.76. The van der Waals surface area contributed by atoms with E-state index in [4.69, 9.17) is 23.4 Å². The maximum Gasteiger partial charge on any atom is 0.213 e. The number of aromatic nitrogens is 2. The van der Waals surface area contributed by atoms with Gasteiger partial charge in [-0.1, -0.05) is 0 Å². The molecule has 126 valence electrons. The number of carbonyl (C=O) groups is 1. The largest absolute Gasteiger partial charge is 0.400 e. The van der Waals surface area contributed by atoms with Crippen molar-refractivity contribution in [1.29, 1.82) is 0 Å². The highest BCUT2D eigenvalue weighted by molar-refractivity contribution is 6.13. The molecule has 0 aromatic carbocycles. The lowest BCUT2D eigenvalue weighted by molar-refractivity contribution is -0.182. The van der Waals surface area contributed by atoms with Crippen LogP contribution in [0.4, 0.5) is 5.82 Å². The van der Waals surface area contributed by atoms with Gasteiger partial charge in [0.25, 0.3) is 0 Å². The number of aliphatic hydroxyl groups excluding tert-OH is 1. The fourth-order valence-electron chi connectivity index (χ4n) is 2.14. The van der Waals surface area contributed by atoms with Crippen LogP contribution < -0.4 is 11.1 Å². The Balaban J connectivity index is 0.00000127. The van der Waals surface area contributed by atoms with E-state index in [0.29, 0.717) is 30.8 Å². The van der Waals surface area contributed by atoms with E-state index in [1.165, 1.54) is 6.33 Å². The van der Waals surface area contributed by atoms with Crippen LogP contribution in [0.2, 0.25) is 0 Å². The topological polar surface area (TPSA) is 155 Å². The Labute approximate surface area is 134 Å². The van der Waals surface area contributed by atoms with Gasteiger partial charge in [-0.25, -0.2) is 4.98 Å². The van der Waals surface area contributed by atoms with Gasteiger partial charge >= 0.3 is 0 Å². The molecule has 2 radical (unpaired) electrons. The van der Waals surface area contributed by atoms with Gasteiger partial charge in [0.15, 0.2) is 13.7 Å². The van der Waals surface area contributed by atoms with E-state index in [2.05, 4.69) is 15.3 Å². The number of rotatable bonds is 4. The number of hydrogen-bond donors (Lipinski definition) is 5. The summed E-state index contributed by atoms with van der Waals surface area (Å²) in [4.78, 5) is 18.5. The van der Waals surface area contributed by atoms with Crippen LogP contribution in [-0.4, -0.2) is 64.0 Å². The molecular formula is C12H20BN5O5. The molecule has 1 aliphatic heterocycles. The van der Waals surface area contributed by atoms with E-state index in [0.717, 1.165) is 7.11 Å². The van der Waals surface area contributed by atoms with E-state index in [9.17, 15) is 15.0 Å². The zero-order valence-corrected chi connectivity index (χ0v) is 12.9. The monoisotopic (exact) mass is 325 g/mol. The number of nitrogens with one attached hydrogen (secondary N) is 1. The van der Waals surface area contributed by atoms with Crippen molar-refractivity contribution in [2.45, 2.75) is 37.8 Å².